The second-order valence-electron chi connectivity index (χ2n) is 5.71. The minimum absolute atomic E-state index is 0.0652. The molecule has 0 atom stereocenters. The minimum Gasteiger partial charge on any atom is -0.380 e. The fraction of sp³-hybridized carbons (Fsp3) is 0.200. The first-order valence-electron chi connectivity index (χ1n) is 7.23. The lowest BCUT2D eigenvalue weighted by Gasteiger charge is -2.08. The van der Waals surface area contributed by atoms with Crippen molar-refractivity contribution in [3.05, 3.63) is 39.9 Å². The molecule has 1 aromatic carbocycles. The van der Waals surface area contributed by atoms with Crippen molar-refractivity contribution in [2.45, 2.75) is 27.5 Å². The molecule has 0 radical (unpaired) electrons. The SMILES string of the molecule is NC(=O)c1cc(S(=O)(=O)c2c(Cl)cccc2Cl)sc1NC(=O)C1(O)CC1. The number of rotatable bonds is 5. The molecule has 0 saturated heterocycles. The van der Waals surface area contributed by atoms with Crippen molar-refractivity contribution in [3.8, 4) is 0 Å². The van der Waals surface area contributed by atoms with E-state index in [-0.39, 0.29) is 42.6 Å². The van der Waals surface area contributed by atoms with Crippen molar-refractivity contribution < 1.29 is 23.1 Å². The van der Waals surface area contributed by atoms with Gasteiger partial charge >= 0.3 is 0 Å². The smallest absolute Gasteiger partial charge is 0.256 e. The number of benzene rings is 1. The van der Waals surface area contributed by atoms with Crippen LogP contribution in [0.25, 0.3) is 0 Å². The lowest BCUT2D eigenvalue weighted by atomic mass is 10.3. The molecule has 2 aromatic rings. The zero-order valence-corrected chi connectivity index (χ0v) is 16.1. The first-order valence-corrected chi connectivity index (χ1v) is 10.3. The van der Waals surface area contributed by atoms with Crippen LogP contribution in [0.15, 0.2) is 33.4 Å². The number of nitrogens with one attached hydrogen (secondary N) is 1. The number of anilines is 1. The Hall–Kier alpha value is -1.65. The van der Waals surface area contributed by atoms with Crippen molar-refractivity contribution in [1.29, 1.82) is 0 Å². The van der Waals surface area contributed by atoms with Gasteiger partial charge in [0, 0.05) is 0 Å². The maximum Gasteiger partial charge on any atom is 0.256 e. The molecular weight excluding hydrogens is 423 g/mol. The fourth-order valence-electron chi connectivity index (χ4n) is 2.18. The van der Waals surface area contributed by atoms with E-state index in [9.17, 15) is 23.1 Å². The van der Waals surface area contributed by atoms with Crippen LogP contribution in [0.3, 0.4) is 0 Å². The number of carbonyl (C=O) groups excluding carboxylic acids is 2. The van der Waals surface area contributed by atoms with E-state index in [0.29, 0.717) is 11.3 Å². The van der Waals surface area contributed by atoms with Gasteiger partial charge in [0.2, 0.25) is 9.84 Å². The largest absolute Gasteiger partial charge is 0.380 e. The Morgan fingerprint density at radius 1 is 1.23 bits per heavy atom. The molecule has 0 unspecified atom stereocenters. The third-order valence-electron chi connectivity index (χ3n) is 3.80. The lowest BCUT2D eigenvalue weighted by molar-refractivity contribution is -0.125. The van der Waals surface area contributed by atoms with Gasteiger partial charge in [0.05, 0.1) is 15.6 Å². The second-order valence-corrected chi connectivity index (χ2v) is 9.69. The van der Waals surface area contributed by atoms with Crippen LogP contribution in [0.1, 0.15) is 23.2 Å². The van der Waals surface area contributed by atoms with Crippen molar-refractivity contribution in [1.82, 2.24) is 0 Å². The van der Waals surface area contributed by atoms with E-state index in [1.165, 1.54) is 18.2 Å². The maximum atomic E-state index is 12.9. The minimum atomic E-state index is -4.16. The molecule has 7 nitrogen and oxygen atoms in total. The summed E-state index contributed by atoms with van der Waals surface area (Å²) in [6, 6.07) is 5.28. The number of amides is 2. The Bertz CT molecular complexity index is 1010. The van der Waals surface area contributed by atoms with Gasteiger partial charge in [0.25, 0.3) is 11.8 Å². The molecule has 2 amide bonds. The van der Waals surface area contributed by atoms with Crippen LogP contribution in [0, 0.1) is 0 Å². The van der Waals surface area contributed by atoms with Gasteiger partial charge in [-0.25, -0.2) is 8.42 Å². The summed E-state index contributed by atoms with van der Waals surface area (Å²) in [5.74, 6) is -1.65. The number of halogens is 2. The topological polar surface area (TPSA) is 127 Å². The molecule has 1 heterocycles. The molecule has 1 aromatic heterocycles. The molecule has 0 aliphatic heterocycles. The van der Waals surface area contributed by atoms with Gasteiger partial charge in [-0.3, -0.25) is 9.59 Å². The number of hydrogen-bond donors (Lipinski definition) is 3. The number of aliphatic hydroxyl groups is 1. The van der Waals surface area contributed by atoms with Crippen LogP contribution >= 0.6 is 34.5 Å². The van der Waals surface area contributed by atoms with E-state index in [1.807, 2.05) is 0 Å². The molecule has 26 heavy (non-hydrogen) atoms. The highest BCUT2D eigenvalue weighted by Gasteiger charge is 2.48. The molecule has 138 valence electrons. The summed E-state index contributed by atoms with van der Waals surface area (Å²) in [5, 5.41) is 12.0. The third kappa shape index (κ3) is 3.33. The Morgan fingerprint density at radius 2 is 1.81 bits per heavy atom. The Kier molecular flexibility index (Phi) is 4.78. The highest BCUT2D eigenvalue weighted by Crippen LogP contribution is 2.41. The quantitative estimate of drug-likeness (QED) is 0.665. The first kappa shape index (κ1) is 19.1. The molecule has 4 N–H and O–H groups in total. The van der Waals surface area contributed by atoms with E-state index >= 15 is 0 Å². The van der Waals surface area contributed by atoms with E-state index < -0.39 is 27.3 Å². The highest BCUT2D eigenvalue weighted by molar-refractivity contribution is 7.93. The Morgan fingerprint density at radius 3 is 2.31 bits per heavy atom. The van der Waals surface area contributed by atoms with E-state index in [1.54, 1.807) is 0 Å². The average Bonchev–Trinajstić information content (AvgIpc) is 3.14. The van der Waals surface area contributed by atoms with Gasteiger partial charge in [0.1, 0.15) is 19.7 Å². The summed E-state index contributed by atoms with van der Waals surface area (Å²) in [6.45, 7) is 0. The summed E-state index contributed by atoms with van der Waals surface area (Å²) in [4.78, 5) is 23.4. The van der Waals surface area contributed by atoms with Crippen LogP contribution in [0.5, 0.6) is 0 Å². The summed E-state index contributed by atoms with van der Waals surface area (Å²) in [5.41, 5.74) is 3.60. The molecular formula is C15H12Cl2N2O5S2. The lowest BCUT2D eigenvalue weighted by Crippen LogP contribution is -2.29. The molecule has 1 aliphatic rings. The molecule has 0 bridgehead atoms. The van der Waals surface area contributed by atoms with Gasteiger partial charge in [-0.2, -0.15) is 0 Å². The second kappa shape index (κ2) is 6.50. The van der Waals surface area contributed by atoms with Crippen molar-refractivity contribution >= 4 is 61.2 Å². The third-order valence-corrected chi connectivity index (χ3v) is 8.03. The van der Waals surface area contributed by atoms with E-state index in [0.717, 1.165) is 6.07 Å². The van der Waals surface area contributed by atoms with Crippen LogP contribution in [-0.2, 0) is 14.6 Å². The number of nitrogens with two attached hydrogens (primary N) is 1. The monoisotopic (exact) mass is 434 g/mol. The normalized spacial score (nSPS) is 15.5. The van der Waals surface area contributed by atoms with E-state index in [2.05, 4.69) is 5.32 Å². The van der Waals surface area contributed by atoms with Crippen molar-refractivity contribution in [2.75, 3.05) is 5.32 Å². The number of thiophene rings is 1. The number of primary amides is 1. The number of sulfone groups is 1. The maximum absolute atomic E-state index is 12.9. The zero-order valence-electron chi connectivity index (χ0n) is 13.0. The predicted molar refractivity (Wildman–Crippen MR) is 97.6 cm³/mol. The molecule has 0 spiro atoms. The molecule has 3 rings (SSSR count). The molecule has 1 aliphatic carbocycles. The van der Waals surface area contributed by atoms with Crippen LogP contribution < -0.4 is 11.1 Å². The molecule has 1 saturated carbocycles. The van der Waals surface area contributed by atoms with Gasteiger partial charge in [-0.05, 0) is 31.0 Å². The summed E-state index contributed by atoms with van der Waals surface area (Å²) < 4.78 is 25.5. The Balaban J connectivity index is 2.07. The van der Waals surface area contributed by atoms with Crippen molar-refractivity contribution in [3.63, 3.8) is 0 Å². The molecule has 1 fully saturated rings. The van der Waals surface area contributed by atoms with Gasteiger partial charge in [-0.15, -0.1) is 11.3 Å². The molecule has 11 heteroatoms. The van der Waals surface area contributed by atoms with Crippen LogP contribution in [-0.4, -0.2) is 30.9 Å². The highest BCUT2D eigenvalue weighted by atomic mass is 35.5. The summed E-state index contributed by atoms with van der Waals surface area (Å²) >= 11 is 12.6. The van der Waals surface area contributed by atoms with Gasteiger partial charge in [0.15, 0.2) is 0 Å². The number of carbonyl (C=O) groups is 2. The standard InChI is InChI=1S/C15H12Cl2N2O5S2/c16-8-2-1-3-9(17)11(8)26(23,24)10-6-7(12(18)20)13(25-10)19-14(21)15(22)4-5-15/h1-3,6,22H,4-5H2,(H2,18,20)(H,19,21). The fourth-order valence-corrected chi connectivity index (χ4v) is 6.04. The summed E-state index contributed by atoms with van der Waals surface area (Å²) in [6.07, 6.45) is 0.576. The van der Waals surface area contributed by atoms with E-state index in [4.69, 9.17) is 28.9 Å². The Labute approximate surface area is 162 Å². The van der Waals surface area contributed by atoms with Crippen molar-refractivity contribution in [2.24, 2.45) is 5.73 Å². The average molecular weight is 435 g/mol. The first-order chi connectivity index (χ1) is 12.1. The zero-order chi connectivity index (χ0) is 19.3. The van der Waals surface area contributed by atoms with Crippen LogP contribution in [0.2, 0.25) is 10.0 Å². The predicted octanol–water partition coefficient (Wildman–Crippen LogP) is 2.45. The number of hydrogen-bond acceptors (Lipinski definition) is 6. The summed E-state index contributed by atoms with van der Waals surface area (Å²) in [7, 11) is -4.16. The van der Waals surface area contributed by atoms with Gasteiger partial charge in [-0.1, -0.05) is 29.3 Å². The van der Waals surface area contributed by atoms with Gasteiger partial charge < -0.3 is 16.2 Å². The van der Waals surface area contributed by atoms with Crippen LogP contribution in [0.4, 0.5) is 5.00 Å².